The molecule has 1 aromatic heterocycles. The molecule has 2 aromatic rings. The average molecular weight is 323 g/mol. The van der Waals surface area contributed by atoms with Gasteiger partial charge in [0, 0.05) is 16.6 Å². The van der Waals surface area contributed by atoms with E-state index < -0.39 is 5.97 Å². The zero-order valence-corrected chi connectivity index (χ0v) is 12.4. The Hall–Kier alpha value is -1.62. The van der Waals surface area contributed by atoms with Gasteiger partial charge in [0.2, 0.25) is 0 Å². The molecule has 0 spiro atoms. The minimum absolute atomic E-state index is 0.131. The van der Waals surface area contributed by atoms with Gasteiger partial charge in [0.05, 0.1) is 11.9 Å². The van der Waals surface area contributed by atoms with Crippen LogP contribution < -0.4 is 0 Å². The maximum atomic E-state index is 10.6. The summed E-state index contributed by atoms with van der Waals surface area (Å²) < 4.78 is 2.91. The first-order valence-corrected chi connectivity index (χ1v) is 6.80. The van der Waals surface area contributed by atoms with Crippen LogP contribution in [0.1, 0.15) is 23.2 Å². The number of benzene rings is 1. The molecule has 2 rings (SSSR count). The van der Waals surface area contributed by atoms with Crippen molar-refractivity contribution in [1.82, 2.24) is 9.78 Å². The molecule has 0 atom stereocenters. The Labute approximate surface area is 120 Å². The molecule has 0 bridgehead atoms. The molecular formula is C14H15BrN2O2. The van der Waals surface area contributed by atoms with Crippen molar-refractivity contribution in [2.45, 2.75) is 26.7 Å². The first-order valence-electron chi connectivity index (χ1n) is 6.01. The number of carbonyl (C=O) groups is 1. The normalized spacial score (nSPS) is 10.7. The summed E-state index contributed by atoms with van der Waals surface area (Å²) in [5.74, 6) is -0.786. The first kappa shape index (κ1) is 13.8. The lowest BCUT2D eigenvalue weighted by Crippen LogP contribution is -2.01. The van der Waals surface area contributed by atoms with Gasteiger partial charge >= 0.3 is 5.97 Å². The van der Waals surface area contributed by atoms with Gasteiger partial charge < -0.3 is 5.11 Å². The van der Waals surface area contributed by atoms with Gasteiger partial charge in [0.25, 0.3) is 0 Å². The van der Waals surface area contributed by atoms with Gasteiger partial charge in [-0.25, -0.2) is 4.68 Å². The molecule has 19 heavy (non-hydrogen) atoms. The molecule has 0 fully saturated rings. The van der Waals surface area contributed by atoms with Crippen LogP contribution in [0.15, 0.2) is 28.9 Å². The number of aliphatic carboxylic acids is 1. The second-order valence-corrected chi connectivity index (χ2v) is 5.35. The fraction of sp³-hybridized carbons (Fsp3) is 0.286. The van der Waals surface area contributed by atoms with Crippen molar-refractivity contribution < 1.29 is 9.90 Å². The van der Waals surface area contributed by atoms with Crippen molar-refractivity contribution in [3.8, 4) is 5.69 Å². The van der Waals surface area contributed by atoms with Crippen LogP contribution in [0, 0.1) is 13.8 Å². The monoisotopic (exact) mass is 322 g/mol. The Morgan fingerprint density at radius 1 is 1.42 bits per heavy atom. The molecule has 0 amide bonds. The van der Waals surface area contributed by atoms with Gasteiger partial charge in [-0.2, -0.15) is 5.10 Å². The highest BCUT2D eigenvalue weighted by Gasteiger charge is 2.10. The van der Waals surface area contributed by atoms with Crippen LogP contribution in [-0.4, -0.2) is 20.9 Å². The lowest BCUT2D eigenvalue weighted by atomic mass is 10.1. The van der Waals surface area contributed by atoms with Crippen LogP contribution in [0.3, 0.4) is 0 Å². The summed E-state index contributed by atoms with van der Waals surface area (Å²) in [6.07, 6.45) is 2.39. The Morgan fingerprint density at radius 3 is 2.79 bits per heavy atom. The molecular weight excluding hydrogens is 308 g/mol. The molecule has 0 aliphatic rings. The summed E-state index contributed by atoms with van der Waals surface area (Å²) in [4.78, 5) is 10.6. The van der Waals surface area contributed by atoms with Crippen LogP contribution >= 0.6 is 15.9 Å². The van der Waals surface area contributed by atoms with Crippen LogP contribution in [0.2, 0.25) is 0 Å². The van der Waals surface area contributed by atoms with Gasteiger partial charge in [0.1, 0.15) is 0 Å². The molecule has 0 aliphatic heterocycles. The van der Waals surface area contributed by atoms with E-state index in [-0.39, 0.29) is 6.42 Å². The number of nitrogens with zero attached hydrogens (tertiary/aromatic N) is 2. The molecule has 0 saturated carbocycles. The number of hydrogen-bond acceptors (Lipinski definition) is 2. The lowest BCUT2D eigenvalue weighted by Gasteiger charge is -2.07. The fourth-order valence-electron chi connectivity index (χ4n) is 1.95. The minimum atomic E-state index is -0.786. The van der Waals surface area contributed by atoms with E-state index in [1.54, 1.807) is 6.20 Å². The number of carboxylic acids is 1. The van der Waals surface area contributed by atoms with Crippen molar-refractivity contribution in [3.63, 3.8) is 0 Å². The molecule has 0 radical (unpaired) electrons. The van der Waals surface area contributed by atoms with Gasteiger partial charge in [-0.05, 0) is 49.6 Å². The maximum absolute atomic E-state index is 10.6. The minimum Gasteiger partial charge on any atom is -0.481 e. The highest BCUT2D eigenvalue weighted by Crippen LogP contribution is 2.21. The largest absolute Gasteiger partial charge is 0.481 e. The second-order valence-electron chi connectivity index (χ2n) is 4.49. The van der Waals surface area contributed by atoms with E-state index in [2.05, 4.69) is 21.0 Å². The summed E-state index contributed by atoms with van der Waals surface area (Å²) in [6.45, 7) is 3.99. The van der Waals surface area contributed by atoms with Gasteiger partial charge in [-0.3, -0.25) is 4.79 Å². The summed E-state index contributed by atoms with van der Waals surface area (Å²) in [5.41, 5.74) is 4.09. The molecule has 0 aliphatic carbocycles. The SMILES string of the molecule is Cc1cc(-n2ncc(CCC(=O)O)c2C)ccc1Br. The molecule has 4 nitrogen and oxygen atoms in total. The van der Waals surface area contributed by atoms with Gasteiger partial charge in [-0.1, -0.05) is 15.9 Å². The number of aryl methyl sites for hydroxylation is 2. The molecule has 100 valence electrons. The van der Waals surface area contributed by atoms with Gasteiger partial charge in [-0.15, -0.1) is 0 Å². The van der Waals surface area contributed by atoms with E-state index in [9.17, 15) is 4.79 Å². The summed E-state index contributed by atoms with van der Waals surface area (Å²) >= 11 is 3.47. The maximum Gasteiger partial charge on any atom is 0.303 e. The summed E-state index contributed by atoms with van der Waals surface area (Å²) in [5, 5.41) is 13.1. The molecule has 0 saturated heterocycles. The number of aromatic nitrogens is 2. The van der Waals surface area contributed by atoms with E-state index in [1.165, 1.54) is 0 Å². The fourth-order valence-corrected chi connectivity index (χ4v) is 2.20. The van der Waals surface area contributed by atoms with Crippen LogP contribution in [0.4, 0.5) is 0 Å². The van der Waals surface area contributed by atoms with E-state index in [0.717, 1.165) is 27.0 Å². The van der Waals surface area contributed by atoms with Crippen LogP contribution in [0.25, 0.3) is 5.69 Å². The van der Waals surface area contributed by atoms with Gasteiger partial charge in [0.15, 0.2) is 0 Å². The molecule has 1 aromatic carbocycles. The van der Waals surface area contributed by atoms with Crippen molar-refractivity contribution in [3.05, 3.63) is 45.7 Å². The Bertz CT molecular complexity index is 620. The average Bonchev–Trinajstić information content (AvgIpc) is 2.72. The lowest BCUT2D eigenvalue weighted by molar-refractivity contribution is -0.136. The number of rotatable bonds is 4. The molecule has 1 N–H and O–H groups in total. The molecule has 1 heterocycles. The van der Waals surface area contributed by atoms with Crippen molar-refractivity contribution in [2.75, 3.05) is 0 Å². The van der Waals surface area contributed by atoms with E-state index >= 15 is 0 Å². The predicted molar refractivity (Wildman–Crippen MR) is 76.7 cm³/mol. The smallest absolute Gasteiger partial charge is 0.303 e. The second kappa shape index (κ2) is 5.57. The van der Waals surface area contributed by atoms with E-state index in [4.69, 9.17) is 5.11 Å². The Balaban J connectivity index is 2.30. The first-order chi connectivity index (χ1) is 8.99. The highest BCUT2D eigenvalue weighted by atomic mass is 79.9. The third kappa shape index (κ3) is 3.04. The summed E-state index contributed by atoms with van der Waals surface area (Å²) in [6, 6.07) is 6.02. The highest BCUT2D eigenvalue weighted by molar-refractivity contribution is 9.10. The topological polar surface area (TPSA) is 55.1 Å². The van der Waals surface area contributed by atoms with E-state index in [1.807, 2.05) is 36.7 Å². The van der Waals surface area contributed by atoms with E-state index in [0.29, 0.717) is 6.42 Å². The van der Waals surface area contributed by atoms with Crippen LogP contribution in [0.5, 0.6) is 0 Å². The standard InChI is InChI=1S/C14H15BrN2O2/c1-9-7-12(4-5-13(9)15)17-10(2)11(8-16-17)3-6-14(18)19/h4-5,7-8H,3,6H2,1-2H3,(H,18,19). The molecule has 5 heteroatoms. The zero-order chi connectivity index (χ0) is 14.0. The molecule has 0 unspecified atom stereocenters. The number of halogens is 1. The third-order valence-corrected chi connectivity index (χ3v) is 4.00. The zero-order valence-electron chi connectivity index (χ0n) is 10.9. The van der Waals surface area contributed by atoms with Crippen LogP contribution in [-0.2, 0) is 11.2 Å². The number of carboxylic acid groups (broad SMARTS) is 1. The van der Waals surface area contributed by atoms with Crippen molar-refractivity contribution >= 4 is 21.9 Å². The Kier molecular flexibility index (Phi) is 4.04. The van der Waals surface area contributed by atoms with Crippen molar-refractivity contribution in [1.29, 1.82) is 0 Å². The quantitative estimate of drug-likeness (QED) is 0.939. The van der Waals surface area contributed by atoms with Crippen molar-refractivity contribution in [2.24, 2.45) is 0 Å². The third-order valence-electron chi connectivity index (χ3n) is 3.11. The Morgan fingerprint density at radius 2 is 2.16 bits per heavy atom. The number of hydrogen-bond donors (Lipinski definition) is 1. The summed E-state index contributed by atoms with van der Waals surface area (Å²) in [7, 11) is 0. The predicted octanol–water partition coefficient (Wildman–Crippen LogP) is 3.27.